The third-order valence-corrected chi connectivity index (χ3v) is 5.41. The Bertz CT molecular complexity index is 564. The van der Waals surface area contributed by atoms with Crippen molar-refractivity contribution < 1.29 is 5.11 Å². The fourth-order valence-electron chi connectivity index (χ4n) is 3.25. The van der Waals surface area contributed by atoms with E-state index in [9.17, 15) is 5.11 Å². The average molecular weight is 320 g/mol. The van der Waals surface area contributed by atoms with Crippen molar-refractivity contribution >= 4 is 17.6 Å². The van der Waals surface area contributed by atoms with Crippen molar-refractivity contribution in [2.24, 2.45) is 5.41 Å². The highest BCUT2D eigenvalue weighted by atomic mass is 16.3. The molecule has 1 aromatic heterocycles. The fourth-order valence-corrected chi connectivity index (χ4v) is 3.25. The highest BCUT2D eigenvalue weighted by Gasteiger charge is 2.48. The number of nitrogen functional groups attached to an aromatic ring is 1. The largest absolute Gasteiger partial charge is 0.388 e. The summed E-state index contributed by atoms with van der Waals surface area (Å²) in [5, 5.41) is 10.6. The molecule has 23 heavy (non-hydrogen) atoms. The van der Waals surface area contributed by atoms with Crippen molar-refractivity contribution in [1.82, 2.24) is 14.9 Å². The van der Waals surface area contributed by atoms with Crippen molar-refractivity contribution in [3.05, 3.63) is 6.07 Å². The van der Waals surface area contributed by atoms with Gasteiger partial charge in [-0.15, -0.1) is 0 Å². The molecule has 0 saturated carbocycles. The smallest absolute Gasteiger partial charge is 0.223 e. The second-order valence-electron chi connectivity index (χ2n) is 7.75. The Kier molecular flexibility index (Phi) is 3.88. The molecule has 0 bridgehead atoms. The van der Waals surface area contributed by atoms with Crippen molar-refractivity contribution in [2.45, 2.75) is 26.4 Å². The van der Waals surface area contributed by atoms with Gasteiger partial charge in [0.2, 0.25) is 5.95 Å². The van der Waals surface area contributed by atoms with E-state index in [1.165, 1.54) is 0 Å². The van der Waals surface area contributed by atoms with Crippen LogP contribution in [0.2, 0.25) is 0 Å². The molecular weight excluding hydrogens is 292 g/mol. The van der Waals surface area contributed by atoms with Gasteiger partial charge in [0.1, 0.15) is 11.6 Å². The van der Waals surface area contributed by atoms with Gasteiger partial charge in [0.15, 0.2) is 0 Å². The van der Waals surface area contributed by atoms with Gasteiger partial charge in [-0.05, 0) is 14.0 Å². The molecule has 0 aliphatic carbocycles. The minimum atomic E-state index is -0.749. The molecule has 3 rings (SSSR count). The summed E-state index contributed by atoms with van der Waals surface area (Å²) in [6.07, 6.45) is 0. The summed E-state index contributed by atoms with van der Waals surface area (Å²) in [5.41, 5.74) is 5.00. The number of hydrogen-bond acceptors (Lipinski definition) is 7. The van der Waals surface area contributed by atoms with Gasteiger partial charge in [0.25, 0.3) is 0 Å². The van der Waals surface area contributed by atoms with Crippen molar-refractivity contribution in [1.29, 1.82) is 0 Å². The molecule has 0 aromatic carbocycles. The number of likely N-dealkylation sites (N-methyl/N-ethyl adjacent to an activating group) is 1. The Labute approximate surface area is 138 Å². The number of nitrogens with zero attached hydrogens (tertiary/aromatic N) is 5. The van der Waals surface area contributed by atoms with E-state index in [1.807, 2.05) is 13.0 Å². The van der Waals surface area contributed by atoms with Gasteiger partial charge < -0.3 is 25.5 Å². The third kappa shape index (κ3) is 3.07. The number of piperazine rings is 1. The van der Waals surface area contributed by atoms with Crippen molar-refractivity contribution in [3.8, 4) is 0 Å². The van der Waals surface area contributed by atoms with Crippen LogP contribution in [0.4, 0.5) is 17.6 Å². The number of aliphatic hydroxyl groups is 1. The second kappa shape index (κ2) is 5.49. The molecular formula is C16H28N6O. The predicted octanol–water partition coefficient (Wildman–Crippen LogP) is 0.408. The van der Waals surface area contributed by atoms with E-state index >= 15 is 0 Å². The van der Waals surface area contributed by atoms with Gasteiger partial charge in [-0.2, -0.15) is 9.97 Å². The van der Waals surface area contributed by atoms with Gasteiger partial charge >= 0.3 is 0 Å². The SMILES string of the molecule is CN1CCN(c2cc(N3CC(C)(C)[C@](C)(O)C3)nc(N)n2)CC1. The molecule has 7 heteroatoms. The van der Waals surface area contributed by atoms with Crippen LogP contribution in [0.25, 0.3) is 0 Å². The third-order valence-electron chi connectivity index (χ3n) is 5.41. The monoisotopic (exact) mass is 320 g/mol. The Morgan fingerprint density at radius 1 is 1.00 bits per heavy atom. The molecule has 0 unspecified atom stereocenters. The van der Waals surface area contributed by atoms with Crippen LogP contribution >= 0.6 is 0 Å². The Hall–Kier alpha value is -1.60. The van der Waals surface area contributed by atoms with Gasteiger partial charge in [-0.25, -0.2) is 0 Å². The maximum absolute atomic E-state index is 10.6. The van der Waals surface area contributed by atoms with E-state index < -0.39 is 5.60 Å². The van der Waals surface area contributed by atoms with E-state index in [0.717, 1.165) is 44.4 Å². The lowest BCUT2D eigenvalue weighted by Crippen LogP contribution is -2.45. The molecule has 7 nitrogen and oxygen atoms in total. The molecule has 2 aliphatic heterocycles. The number of nitrogens with two attached hydrogens (primary N) is 1. The molecule has 2 fully saturated rings. The minimum absolute atomic E-state index is 0.194. The zero-order valence-electron chi connectivity index (χ0n) is 14.6. The van der Waals surface area contributed by atoms with Gasteiger partial charge in [-0.3, -0.25) is 0 Å². The van der Waals surface area contributed by atoms with Crippen LogP contribution in [0, 0.1) is 5.41 Å². The van der Waals surface area contributed by atoms with Crippen LogP contribution in [0.5, 0.6) is 0 Å². The van der Waals surface area contributed by atoms with Crippen LogP contribution < -0.4 is 15.5 Å². The molecule has 1 atom stereocenters. The summed E-state index contributed by atoms with van der Waals surface area (Å²) < 4.78 is 0. The maximum Gasteiger partial charge on any atom is 0.223 e. The van der Waals surface area contributed by atoms with Gasteiger partial charge in [0.05, 0.1) is 5.60 Å². The standard InChI is InChI=1S/C16H28N6O/c1-15(2)10-22(11-16(15,3)23)13-9-12(18-14(17)19-13)21-7-5-20(4)6-8-21/h9,23H,5-8,10-11H2,1-4H3,(H2,17,18,19)/t16-/m1/s1. The number of aromatic nitrogens is 2. The molecule has 2 saturated heterocycles. The van der Waals surface area contributed by atoms with Crippen LogP contribution in [0.1, 0.15) is 20.8 Å². The van der Waals surface area contributed by atoms with E-state index in [-0.39, 0.29) is 5.41 Å². The molecule has 1 aromatic rings. The first kappa shape index (κ1) is 16.3. The first-order valence-corrected chi connectivity index (χ1v) is 8.23. The molecule has 0 spiro atoms. The first-order chi connectivity index (χ1) is 10.7. The normalized spacial score (nSPS) is 28.4. The van der Waals surface area contributed by atoms with Gasteiger partial charge in [-0.1, -0.05) is 13.8 Å². The Morgan fingerprint density at radius 2 is 1.57 bits per heavy atom. The lowest BCUT2D eigenvalue weighted by Gasteiger charge is -2.33. The van der Waals surface area contributed by atoms with Crippen molar-refractivity contribution in [2.75, 3.05) is 61.8 Å². The van der Waals surface area contributed by atoms with E-state index in [1.54, 1.807) is 0 Å². The van der Waals surface area contributed by atoms with E-state index in [0.29, 0.717) is 12.5 Å². The molecule has 0 radical (unpaired) electrons. The summed E-state index contributed by atoms with van der Waals surface area (Å²) in [5.74, 6) is 1.98. The van der Waals surface area contributed by atoms with Crippen LogP contribution in [-0.4, -0.2) is 71.9 Å². The maximum atomic E-state index is 10.6. The molecule has 128 valence electrons. The molecule has 3 heterocycles. The fraction of sp³-hybridized carbons (Fsp3) is 0.750. The Balaban J connectivity index is 1.84. The van der Waals surface area contributed by atoms with E-state index in [4.69, 9.17) is 5.73 Å². The highest BCUT2D eigenvalue weighted by molar-refractivity contribution is 5.55. The average Bonchev–Trinajstić information content (AvgIpc) is 2.67. The van der Waals surface area contributed by atoms with Gasteiger partial charge in [0, 0.05) is 50.7 Å². The quantitative estimate of drug-likeness (QED) is 0.816. The summed E-state index contributed by atoms with van der Waals surface area (Å²) >= 11 is 0. The molecule has 0 amide bonds. The summed E-state index contributed by atoms with van der Waals surface area (Å²) in [4.78, 5) is 15.5. The first-order valence-electron chi connectivity index (χ1n) is 8.23. The Morgan fingerprint density at radius 3 is 2.09 bits per heavy atom. The minimum Gasteiger partial charge on any atom is -0.388 e. The van der Waals surface area contributed by atoms with Crippen LogP contribution in [0.15, 0.2) is 6.07 Å². The van der Waals surface area contributed by atoms with E-state index in [2.05, 4.69) is 45.6 Å². The van der Waals surface area contributed by atoms with Crippen LogP contribution in [-0.2, 0) is 0 Å². The topological polar surface area (TPSA) is 81.8 Å². The predicted molar refractivity (Wildman–Crippen MR) is 92.8 cm³/mol. The zero-order chi connectivity index (χ0) is 16.8. The molecule has 2 aliphatic rings. The summed E-state index contributed by atoms with van der Waals surface area (Å²) in [6, 6.07) is 2.00. The second-order valence-corrected chi connectivity index (χ2v) is 7.75. The lowest BCUT2D eigenvalue weighted by molar-refractivity contribution is -0.00891. The summed E-state index contributed by atoms with van der Waals surface area (Å²) in [7, 11) is 2.13. The number of anilines is 3. The summed E-state index contributed by atoms with van der Waals surface area (Å²) in [6.45, 7) is 11.3. The molecule has 3 N–H and O–H groups in total. The zero-order valence-corrected chi connectivity index (χ0v) is 14.6. The lowest BCUT2D eigenvalue weighted by atomic mass is 9.79. The van der Waals surface area contributed by atoms with Crippen molar-refractivity contribution in [3.63, 3.8) is 0 Å². The number of β-amino-alcohol motifs (C(OH)–C–C–N with tert-alkyl or cyclic N) is 1. The highest BCUT2D eigenvalue weighted by Crippen LogP contribution is 2.40. The number of rotatable bonds is 2. The van der Waals surface area contributed by atoms with Crippen LogP contribution in [0.3, 0.4) is 0 Å². The number of hydrogen-bond donors (Lipinski definition) is 2.